The second-order valence-corrected chi connectivity index (χ2v) is 14.7. The zero-order chi connectivity index (χ0) is 31.0. The van der Waals surface area contributed by atoms with Crippen molar-refractivity contribution >= 4 is 52.2 Å². The van der Waals surface area contributed by atoms with Crippen molar-refractivity contribution in [3.8, 4) is 5.75 Å². The Hall–Kier alpha value is -4.15. The molecule has 3 amide bonds. The Bertz CT molecular complexity index is 1920. The predicted octanol–water partition coefficient (Wildman–Crippen LogP) is 5.75. The summed E-state index contributed by atoms with van der Waals surface area (Å²) in [4.78, 5) is 58.8. The molecule has 8 nitrogen and oxygen atoms in total. The third-order valence-corrected chi connectivity index (χ3v) is 12.6. The van der Waals surface area contributed by atoms with Crippen LogP contribution in [0.25, 0.3) is 0 Å². The van der Waals surface area contributed by atoms with E-state index in [1.165, 1.54) is 16.2 Å². The number of para-hydroxylation sites is 2. The number of nitrogens with zero attached hydrogens (tertiary/aromatic N) is 1. The van der Waals surface area contributed by atoms with Gasteiger partial charge in [-0.25, -0.2) is 0 Å². The maximum absolute atomic E-state index is 14.0. The van der Waals surface area contributed by atoms with Crippen LogP contribution in [0.1, 0.15) is 33.9 Å². The molecule has 0 radical (unpaired) electrons. The lowest BCUT2D eigenvalue weighted by Gasteiger charge is -2.43. The lowest BCUT2D eigenvalue weighted by atomic mass is 9.68. The number of carbonyl (C=O) groups excluding carboxylic acids is 3. The van der Waals surface area contributed by atoms with Gasteiger partial charge < -0.3 is 15.0 Å². The van der Waals surface area contributed by atoms with E-state index in [0.29, 0.717) is 11.4 Å². The summed E-state index contributed by atoms with van der Waals surface area (Å²) in [5.41, 5.74) is 4.28. The Morgan fingerprint density at radius 1 is 0.933 bits per heavy atom. The topological polar surface area (TPSA) is 109 Å². The number of imide groups is 1. The standard InChI is InChI=1S/C35H31N3O5S2/c1-17-11-13-19(14-12-17)38-33(40)28-21-15-22(29(28)34(38)41)30-27(21)26(31-32(44-30)37-35(42)45-31)20-8-4-6-10-24(20)43-16-25(39)36-23-9-5-3-7-18(23)2/h3-14,21-22,26-30H,15-16H2,1-2H3,(H,36,39)(H,37,42)/t21?,22?,26-,27?,28?,29?,30?/m1/s1. The van der Waals surface area contributed by atoms with E-state index in [1.807, 2.05) is 86.6 Å². The van der Waals surface area contributed by atoms with Crippen LogP contribution in [0, 0.1) is 43.4 Å². The third-order valence-electron chi connectivity index (χ3n) is 10.0. The minimum Gasteiger partial charge on any atom is -0.483 e. The number of fused-ring (bicyclic) bond motifs is 9. The Balaban J connectivity index is 1.13. The summed E-state index contributed by atoms with van der Waals surface area (Å²) < 4.78 is 6.19. The number of nitrogens with one attached hydrogen (secondary N) is 2. The van der Waals surface area contributed by atoms with Crippen LogP contribution >= 0.6 is 23.1 Å². The van der Waals surface area contributed by atoms with Gasteiger partial charge in [0.1, 0.15) is 5.75 Å². The van der Waals surface area contributed by atoms with Gasteiger partial charge in [-0.15, -0.1) is 11.8 Å². The van der Waals surface area contributed by atoms with Crippen LogP contribution in [0.4, 0.5) is 11.4 Å². The largest absolute Gasteiger partial charge is 0.483 e. The van der Waals surface area contributed by atoms with Crippen molar-refractivity contribution < 1.29 is 19.1 Å². The van der Waals surface area contributed by atoms with Gasteiger partial charge >= 0.3 is 4.87 Å². The fourth-order valence-corrected chi connectivity index (χ4v) is 11.1. The van der Waals surface area contributed by atoms with Gasteiger partial charge in [-0.3, -0.25) is 24.1 Å². The van der Waals surface area contributed by atoms with Gasteiger partial charge in [0.25, 0.3) is 5.91 Å². The molecule has 0 spiro atoms. The number of aromatic amines is 1. The van der Waals surface area contributed by atoms with Crippen LogP contribution < -0.4 is 19.8 Å². The van der Waals surface area contributed by atoms with Crippen molar-refractivity contribution in [2.45, 2.75) is 36.5 Å². The predicted molar refractivity (Wildman–Crippen MR) is 174 cm³/mol. The van der Waals surface area contributed by atoms with Gasteiger partial charge in [0.15, 0.2) is 6.61 Å². The Morgan fingerprint density at radius 3 is 2.42 bits per heavy atom. The van der Waals surface area contributed by atoms with Gasteiger partial charge in [0.05, 0.1) is 22.5 Å². The summed E-state index contributed by atoms with van der Waals surface area (Å²) in [5.74, 6) is -0.838. The average Bonchev–Trinajstić information content (AvgIpc) is 3.77. The zero-order valence-electron chi connectivity index (χ0n) is 24.7. The number of aryl methyl sites for hydroxylation is 2. The Kier molecular flexibility index (Phi) is 6.76. The minimum absolute atomic E-state index is 0.0165. The first-order chi connectivity index (χ1) is 21.8. The molecule has 10 heteroatoms. The van der Waals surface area contributed by atoms with E-state index in [2.05, 4.69) is 10.3 Å². The molecule has 1 aromatic heterocycles. The van der Waals surface area contributed by atoms with Crippen LogP contribution in [0.5, 0.6) is 5.75 Å². The maximum Gasteiger partial charge on any atom is 0.305 e. The van der Waals surface area contributed by atoms with E-state index >= 15 is 0 Å². The molecule has 1 saturated heterocycles. The first kappa shape index (κ1) is 28.3. The molecule has 2 aliphatic carbocycles. The number of thiazole rings is 1. The normalized spacial score (nSPS) is 27.7. The molecule has 3 heterocycles. The molecule has 45 heavy (non-hydrogen) atoms. The van der Waals surface area contributed by atoms with Gasteiger partial charge in [-0.05, 0) is 67.9 Å². The Morgan fingerprint density at radius 2 is 1.64 bits per heavy atom. The first-order valence-corrected chi connectivity index (χ1v) is 16.9. The summed E-state index contributed by atoms with van der Waals surface area (Å²) in [6.45, 7) is 3.74. The molecule has 7 atom stereocenters. The van der Waals surface area contributed by atoms with Crippen molar-refractivity contribution in [2.75, 3.05) is 16.8 Å². The van der Waals surface area contributed by atoms with Gasteiger partial charge in [0, 0.05) is 27.3 Å². The van der Waals surface area contributed by atoms with E-state index in [-0.39, 0.29) is 64.0 Å². The highest BCUT2D eigenvalue weighted by Gasteiger charge is 2.69. The fraction of sp³-hybridized carbons (Fsp3) is 0.314. The van der Waals surface area contributed by atoms with Crippen LogP contribution in [0.15, 0.2) is 82.6 Å². The number of hydrogen-bond donors (Lipinski definition) is 2. The number of H-pyrrole nitrogens is 1. The van der Waals surface area contributed by atoms with E-state index in [9.17, 15) is 19.2 Å². The highest BCUT2D eigenvalue weighted by atomic mass is 32.2. The van der Waals surface area contributed by atoms with Crippen LogP contribution in [-0.4, -0.2) is 34.6 Å². The number of carbonyl (C=O) groups is 3. The van der Waals surface area contributed by atoms with Crippen LogP contribution in [-0.2, 0) is 14.4 Å². The molecule has 228 valence electrons. The zero-order valence-corrected chi connectivity index (χ0v) is 26.3. The number of aromatic nitrogens is 1. The smallest absolute Gasteiger partial charge is 0.305 e. The van der Waals surface area contributed by atoms with Crippen molar-refractivity contribution in [2.24, 2.45) is 29.6 Å². The first-order valence-electron chi connectivity index (χ1n) is 15.2. The summed E-state index contributed by atoms with van der Waals surface area (Å²) >= 11 is 2.86. The second-order valence-electron chi connectivity index (χ2n) is 12.5. The number of rotatable bonds is 6. The number of anilines is 2. The highest BCUT2D eigenvalue weighted by molar-refractivity contribution is 8.00. The molecule has 3 aromatic carbocycles. The molecular weight excluding hydrogens is 607 g/mol. The van der Waals surface area contributed by atoms with Gasteiger partial charge in [-0.2, -0.15) is 0 Å². The second kappa shape index (κ2) is 10.7. The summed E-state index contributed by atoms with van der Waals surface area (Å²) in [5, 5.41) is 3.82. The van der Waals surface area contributed by atoms with Gasteiger partial charge in [0.2, 0.25) is 11.8 Å². The summed E-state index contributed by atoms with van der Waals surface area (Å²) in [7, 11) is 0. The number of amides is 3. The number of benzene rings is 3. The van der Waals surface area contributed by atoms with Crippen molar-refractivity contribution in [3.05, 3.63) is 104 Å². The third kappa shape index (κ3) is 4.48. The van der Waals surface area contributed by atoms with E-state index in [0.717, 1.165) is 38.7 Å². The number of hydrogen-bond acceptors (Lipinski definition) is 7. The summed E-state index contributed by atoms with van der Waals surface area (Å²) in [6.07, 6.45) is 0.800. The molecule has 4 aliphatic rings. The molecule has 3 fully saturated rings. The molecule has 2 N–H and O–H groups in total. The van der Waals surface area contributed by atoms with Crippen molar-refractivity contribution in [1.29, 1.82) is 0 Å². The monoisotopic (exact) mass is 637 g/mol. The molecule has 2 aliphatic heterocycles. The molecule has 4 aromatic rings. The molecular formula is C35H31N3O5S2. The van der Waals surface area contributed by atoms with E-state index in [1.54, 1.807) is 11.8 Å². The molecule has 8 rings (SSSR count). The average molecular weight is 638 g/mol. The molecule has 2 saturated carbocycles. The van der Waals surface area contributed by atoms with Crippen LogP contribution in [0.3, 0.4) is 0 Å². The molecule has 2 bridgehead atoms. The number of thioether (sulfide) groups is 1. The fourth-order valence-electron chi connectivity index (χ4n) is 8.22. The van der Waals surface area contributed by atoms with E-state index in [4.69, 9.17) is 4.74 Å². The molecule has 6 unspecified atom stereocenters. The van der Waals surface area contributed by atoms with Crippen LogP contribution in [0.2, 0.25) is 0 Å². The lowest BCUT2D eigenvalue weighted by molar-refractivity contribution is -0.123. The van der Waals surface area contributed by atoms with E-state index < -0.39 is 5.92 Å². The lowest BCUT2D eigenvalue weighted by Crippen LogP contribution is -2.42. The summed E-state index contributed by atoms with van der Waals surface area (Å²) in [6, 6.07) is 22.8. The van der Waals surface area contributed by atoms with Crippen molar-refractivity contribution in [3.63, 3.8) is 0 Å². The quantitative estimate of drug-likeness (QED) is 0.261. The van der Waals surface area contributed by atoms with Crippen molar-refractivity contribution in [1.82, 2.24) is 4.98 Å². The minimum atomic E-state index is -0.390. The number of ether oxygens (including phenoxy) is 1. The maximum atomic E-state index is 14.0. The highest BCUT2D eigenvalue weighted by Crippen LogP contribution is 2.69. The van der Waals surface area contributed by atoms with Gasteiger partial charge in [-0.1, -0.05) is 65.4 Å². The SMILES string of the molecule is Cc1ccc(N2C(=O)C3C4CC(C3C2=O)C2C4Sc3[nH]c(=O)sc3[C@@H]2c2ccccc2OCC(=O)Nc2ccccc2C)cc1. The Labute approximate surface area is 268 Å².